The van der Waals surface area contributed by atoms with Crippen LogP contribution in [0.2, 0.25) is 0 Å². The second-order valence-corrected chi connectivity index (χ2v) is 7.12. The van der Waals surface area contributed by atoms with Gasteiger partial charge in [-0.25, -0.2) is 14.4 Å². The Hall–Kier alpha value is -3.06. The van der Waals surface area contributed by atoms with E-state index in [4.69, 9.17) is 10.5 Å². The number of aryl methyl sites for hydroxylation is 1. The van der Waals surface area contributed by atoms with Gasteiger partial charge in [0.1, 0.15) is 12.4 Å². The number of hydrogen-bond donors (Lipinski definition) is 1. The van der Waals surface area contributed by atoms with Crippen molar-refractivity contribution in [3.8, 4) is 17.1 Å². The predicted molar refractivity (Wildman–Crippen MR) is 105 cm³/mol. The highest BCUT2D eigenvalue weighted by atomic mass is 19.1. The molecule has 7 heteroatoms. The van der Waals surface area contributed by atoms with Gasteiger partial charge in [-0.15, -0.1) is 0 Å². The van der Waals surface area contributed by atoms with Crippen molar-refractivity contribution in [3.63, 3.8) is 0 Å². The van der Waals surface area contributed by atoms with E-state index in [-0.39, 0.29) is 18.3 Å². The van der Waals surface area contributed by atoms with Crippen molar-refractivity contribution in [1.29, 1.82) is 0 Å². The molecule has 0 fully saturated rings. The summed E-state index contributed by atoms with van der Waals surface area (Å²) < 4.78 is 19.4. The average molecular weight is 379 g/mol. The molecule has 0 unspecified atom stereocenters. The summed E-state index contributed by atoms with van der Waals surface area (Å²) >= 11 is 0. The summed E-state index contributed by atoms with van der Waals surface area (Å²) in [6.07, 6.45) is 5.36. The summed E-state index contributed by atoms with van der Waals surface area (Å²) in [4.78, 5) is 14.8. The molecule has 0 bridgehead atoms. The van der Waals surface area contributed by atoms with Crippen LogP contribution in [0.25, 0.3) is 11.3 Å². The number of fused-ring (bicyclic) bond motifs is 1. The number of rotatable bonds is 4. The van der Waals surface area contributed by atoms with Crippen LogP contribution in [-0.4, -0.2) is 33.4 Å². The maximum Gasteiger partial charge on any atom is 0.258 e. The van der Waals surface area contributed by atoms with Gasteiger partial charge < -0.3 is 15.4 Å². The molecule has 0 saturated heterocycles. The van der Waals surface area contributed by atoms with Crippen LogP contribution < -0.4 is 10.5 Å². The first-order valence-electron chi connectivity index (χ1n) is 9.16. The van der Waals surface area contributed by atoms with Crippen molar-refractivity contribution in [2.45, 2.75) is 26.5 Å². The molecule has 1 aromatic carbocycles. The summed E-state index contributed by atoms with van der Waals surface area (Å²) in [5, 5.41) is 0. The topological polar surface area (TPSA) is 77.2 Å². The van der Waals surface area contributed by atoms with Crippen LogP contribution in [0.15, 0.2) is 36.8 Å². The molecule has 1 aliphatic rings. The lowest BCUT2D eigenvalue weighted by molar-refractivity contribution is 0.289. The van der Waals surface area contributed by atoms with E-state index in [1.165, 1.54) is 22.9 Å². The maximum atomic E-state index is 13.8. The monoisotopic (exact) mass is 379 g/mol. The second kappa shape index (κ2) is 7.52. The predicted octanol–water partition coefficient (Wildman–Crippen LogP) is 3.14. The first-order valence-corrected chi connectivity index (χ1v) is 9.16. The molecule has 0 spiro atoms. The number of ether oxygens (including phenoxy) is 1. The van der Waals surface area contributed by atoms with E-state index in [1.807, 2.05) is 0 Å². The number of anilines is 1. The largest absolute Gasteiger partial charge is 0.470 e. The molecule has 0 amide bonds. The Morgan fingerprint density at radius 1 is 1.29 bits per heavy atom. The molecule has 0 radical (unpaired) electrons. The lowest BCUT2D eigenvalue weighted by Crippen LogP contribution is -2.27. The third-order valence-electron chi connectivity index (χ3n) is 5.03. The van der Waals surface area contributed by atoms with E-state index in [0.717, 1.165) is 31.3 Å². The summed E-state index contributed by atoms with van der Waals surface area (Å²) in [5.41, 5.74) is 11.9. The van der Waals surface area contributed by atoms with Crippen LogP contribution >= 0.6 is 0 Å². The van der Waals surface area contributed by atoms with E-state index in [1.54, 1.807) is 12.3 Å². The van der Waals surface area contributed by atoms with Gasteiger partial charge >= 0.3 is 0 Å². The van der Waals surface area contributed by atoms with Crippen LogP contribution in [0, 0.1) is 12.7 Å². The fourth-order valence-corrected chi connectivity index (χ4v) is 3.50. The van der Waals surface area contributed by atoms with Crippen LogP contribution in [0.5, 0.6) is 5.88 Å². The Labute approximate surface area is 163 Å². The van der Waals surface area contributed by atoms with E-state index >= 15 is 0 Å². The highest BCUT2D eigenvalue weighted by Gasteiger charge is 2.17. The van der Waals surface area contributed by atoms with Gasteiger partial charge in [-0.2, -0.15) is 0 Å². The Balaban J connectivity index is 1.63. The van der Waals surface area contributed by atoms with Crippen molar-refractivity contribution in [2.75, 3.05) is 19.3 Å². The minimum absolute atomic E-state index is 0.00466. The van der Waals surface area contributed by atoms with E-state index < -0.39 is 5.82 Å². The highest BCUT2D eigenvalue weighted by molar-refractivity contribution is 5.64. The molecule has 1 aliphatic heterocycles. The number of pyridine rings is 1. The van der Waals surface area contributed by atoms with E-state index in [2.05, 4.69) is 46.0 Å². The summed E-state index contributed by atoms with van der Waals surface area (Å²) in [6.45, 7) is 4.11. The van der Waals surface area contributed by atoms with E-state index in [9.17, 15) is 4.39 Å². The number of benzene rings is 1. The number of likely N-dealkylation sites (N-methyl/N-ethyl adjacent to an activating group) is 1. The molecule has 4 rings (SSSR count). The number of nitrogen functional groups attached to an aromatic ring is 1. The molecule has 0 saturated carbocycles. The zero-order valence-corrected chi connectivity index (χ0v) is 15.9. The zero-order valence-electron chi connectivity index (χ0n) is 15.9. The number of hydrogen-bond acceptors (Lipinski definition) is 6. The SMILES string of the molecule is Cc1cc(-c2cnc(N)c(OCc3ccncc3F)n2)cc2c1CCN(C)C2. The van der Waals surface area contributed by atoms with Crippen LogP contribution in [0.4, 0.5) is 10.2 Å². The molecule has 3 heterocycles. The molecule has 6 nitrogen and oxygen atoms in total. The Kier molecular flexibility index (Phi) is 4.92. The minimum atomic E-state index is -0.431. The Morgan fingerprint density at radius 2 is 2.14 bits per heavy atom. The summed E-state index contributed by atoms with van der Waals surface area (Å²) in [7, 11) is 2.12. The standard InChI is InChI=1S/C21H22FN5O/c1-13-7-15(8-16-11-27(2)6-4-17(13)16)19-10-25-20(23)21(26-19)28-12-14-3-5-24-9-18(14)22/h3,5,7-10H,4,6,11-12H2,1-2H3,(H2,23,25). The van der Waals surface area contributed by atoms with Gasteiger partial charge in [0.25, 0.3) is 5.88 Å². The van der Waals surface area contributed by atoms with Crippen LogP contribution in [0.1, 0.15) is 22.3 Å². The number of nitrogens with zero attached hydrogens (tertiary/aromatic N) is 4. The van der Waals surface area contributed by atoms with Gasteiger partial charge in [-0.05, 0) is 55.3 Å². The van der Waals surface area contributed by atoms with Crippen LogP contribution in [-0.2, 0) is 19.6 Å². The molecule has 3 aromatic rings. The number of nitrogens with two attached hydrogens (primary N) is 1. The summed E-state index contributed by atoms with van der Waals surface area (Å²) in [5.74, 6) is -0.0616. The van der Waals surface area contributed by atoms with Crippen molar-refractivity contribution < 1.29 is 9.13 Å². The van der Waals surface area contributed by atoms with E-state index in [0.29, 0.717) is 11.3 Å². The van der Waals surface area contributed by atoms with Gasteiger partial charge in [0.2, 0.25) is 0 Å². The van der Waals surface area contributed by atoms with Crippen molar-refractivity contribution in [3.05, 3.63) is 64.9 Å². The zero-order chi connectivity index (χ0) is 19.7. The van der Waals surface area contributed by atoms with Gasteiger partial charge in [0.15, 0.2) is 5.82 Å². The minimum Gasteiger partial charge on any atom is -0.470 e. The molecular weight excluding hydrogens is 357 g/mol. The smallest absolute Gasteiger partial charge is 0.258 e. The van der Waals surface area contributed by atoms with Crippen molar-refractivity contribution in [2.24, 2.45) is 0 Å². The quantitative estimate of drug-likeness (QED) is 0.750. The fraction of sp³-hybridized carbons (Fsp3) is 0.286. The maximum absolute atomic E-state index is 13.8. The summed E-state index contributed by atoms with van der Waals surface area (Å²) in [6, 6.07) is 5.84. The number of aromatic nitrogens is 3. The van der Waals surface area contributed by atoms with Gasteiger partial charge in [0.05, 0.1) is 18.1 Å². The average Bonchev–Trinajstić information content (AvgIpc) is 2.68. The number of halogens is 1. The second-order valence-electron chi connectivity index (χ2n) is 7.12. The van der Waals surface area contributed by atoms with Crippen molar-refractivity contribution in [1.82, 2.24) is 19.9 Å². The molecule has 2 aromatic heterocycles. The molecular formula is C21H22FN5O. The van der Waals surface area contributed by atoms with Crippen LogP contribution in [0.3, 0.4) is 0 Å². The van der Waals surface area contributed by atoms with Crippen molar-refractivity contribution >= 4 is 5.82 Å². The molecule has 144 valence electrons. The molecule has 0 aliphatic carbocycles. The van der Waals surface area contributed by atoms with Gasteiger partial charge in [-0.3, -0.25) is 4.98 Å². The normalized spacial score (nSPS) is 14.0. The Bertz CT molecular complexity index is 1020. The Morgan fingerprint density at radius 3 is 2.96 bits per heavy atom. The molecule has 0 atom stereocenters. The van der Waals surface area contributed by atoms with Gasteiger partial charge in [-0.1, -0.05) is 0 Å². The molecule has 28 heavy (non-hydrogen) atoms. The lowest BCUT2D eigenvalue weighted by atomic mass is 9.92. The fourth-order valence-electron chi connectivity index (χ4n) is 3.50. The lowest BCUT2D eigenvalue weighted by Gasteiger charge is -2.27. The third kappa shape index (κ3) is 3.66. The first-order chi connectivity index (χ1) is 13.5. The highest BCUT2D eigenvalue weighted by Crippen LogP contribution is 2.30. The molecule has 2 N–H and O–H groups in total. The van der Waals surface area contributed by atoms with Gasteiger partial charge in [0, 0.05) is 30.4 Å². The third-order valence-corrected chi connectivity index (χ3v) is 5.03. The first kappa shape index (κ1) is 18.3.